The number of nitrogens with zero attached hydrogens (tertiary/aromatic N) is 3. The maximum absolute atomic E-state index is 12.1. The second-order valence-electron chi connectivity index (χ2n) is 5.76. The Labute approximate surface area is 166 Å². The van der Waals surface area contributed by atoms with Crippen LogP contribution in [-0.4, -0.2) is 33.5 Å². The highest BCUT2D eigenvalue weighted by molar-refractivity contribution is 7.99. The van der Waals surface area contributed by atoms with Crippen LogP contribution in [0.5, 0.6) is 5.75 Å². The predicted molar refractivity (Wildman–Crippen MR) is 107 cm³/mol. The second kappa shape index (κ2) is 8.92. The smallest absolute Gasteiger partial charge is 0.230 e. The predicted octanol–water partition coefficient (Wildman–Crippen LogP) is 3.55. The number of halogens is 1. The number of methoxy groups -OCH3 is 1. The minimum atomic E-state index is -0.0614. The molecular formula is C19H19ClN4O2S. The van der Waals surface area contributed by atoms with E-state index in [9.17, 15) is 4.79 Å². The summed E-state index contributed by atoms with van der Waals surface area (Å²) < 4.78 is 7.20. The minimum absolute atomic E-state index is 0.0614. The van der Waals surface area contributed by atoms with Gasteiger partial charge in [-0.1, -0.05) is 53.7 Å². The van der Waals surface area contributed by atoms with Crippen LogP contribution < -0.4 is 10.1 Å². The quantitative estimate of drug-likeness (QED) is 0.612. The van der Waals surface area contributed by atoms with Gasteiger partial charge in [0.2, 0.25) is 5.91 Å². The fourth-order valence-corrected chi connectivity index (χ4v) is 3.42. The summed E-state index contributed by atoms with van der Waals surface area (Å²) in [6, 6.07) is 15.1. The molecule has 0 saturated heterocycles. The third-order valence-corrected chi connectivity index (χ3v) is 5.16. The number of carbonyl (C=O) groups is 1. The van der Waals surface area contributed by atoms with Crippen molar-refractivity contribution in [1.29, 1.82) is 0 Å². The van der Waals surface area contributed by atoms with Crippen LogP contribution in [0.3, 0.4) is 0 Å². The molecule has 0 radical (unpaired) electrons. The molecule has 1 heterocycles. The Morgan fingerprint density at radius 3 is 2.74 bits per heavy atom. The lowest BCUT2D eigenvalue weighted by molar-refractivity contribution is -0.118. The van der Waals surface area contributed by atoms with Gasteiger partial charge in [-0.05, 0) is 23.8 Å². The third-order valence-electron chi connectivity index (χ3n) is 3.90. The topological polar surface area (TPSA) is 69.0 Å². The number of amides is 1. The Bertz CT molecular complexity index is 931. The van der Waals surface area contributed by atoms with Gasteiger partial charge in [-0.2, -0.15) is 0 Å². The summed E-state index contributed by atoms with van der Waals surface area (Å²) in [7, 11) is 3.44. The monoisotopic (exact) mass is 402 g/mol. The number of rotatable bonds is 7. The lowest BCUT2D eigenvalue weighted by atomic mass is 10.2. The molecule has 1 amide bonds. The molecule has 0 fully saturated rings. The molecule has 0 bridgehead atoms. The molecule has 2 aromatic carbocycles. The van der Waals surface area contributed by atoms with Crippen LogP contribution in [0.2, 0.25) is 5.02 Å². The van der Waals surface area contributed by atoms with Crippen molar-refractivity contribution in [3.63, 3.8) is 0 Å². The molecule has 0 aliphatic carbocycles. The number of carbonyl (C=O) groups excluding carboxylic acids is 1. The lowest BCUT2D eigenvalue weighted by Gasteiger charge is -2.09. The highest BCUT2D eigenvalue weighted by atomic mass is 35.5. The molecule has 3 rings (SSSR count). The summed E-state index contributed by atoms with van der Waals surface area (Å²) in [6.45, 7) is 0.504. The fourth-order valence-electron chi connectivity index (χ4n) is 2.51. The molecule has 0 aliphatic heterocycles. The molecule has 0 unspecified atom stereocenters. The van der Waals surface area contributed by atoms with E-state index in [-0.39, 0.29) is 11.7 Å². The van der Waals surface area contributed by atoms with Crippen molar-refractivity contribution in [2.45, 2.75) is 11.7 Å². The van der Waals surface area contributed by atoms with Gasteiger partial charge >= 0.3 is 0 Å². The SMILES string of the molecule is COc1ccc(Cl)cc1-c1nnc(SCC(=O)NCc2ccccc2)n1C. The van der Waals surface area contributed by atoms with Gasteiger partial charge in [0.25, 0.3) is 0 Å². The molecule has 0 atom stereocenters. The van der Waals surface area contributed by atoms with E-state index in [0.29, 0.717) is 28.3 Å². The highest BCUT2D eigenvalue weighted by Gasteiger charge is 2.16. The minimum Gasteiger partial charge on any atom is -0.496 e. The van der Waals surface area contributed by atoms with Gasteiger partial charge < -0.3 is 14.6 Å². The lowest BCUT2D eigenvalue weighted by Crippen LogP contribution is -2.24. The van der Waals surface area contributed by atoms with Crippen molar-refractivity contribution in [2.24, 2.45) is 7.05 Å². The molecule has 0 spiro atoms. The first-order valence-electron chi connectivity index (χ1n) is 8.25. The second-order valence-corrected chi connectivity index (χ2v) is 7.14. The van der Waals surface area contributed by atoms with E-state index in [4.69, 9.17) is 16.3 Å². The number of nitrogens with one attached hydrogen (secondary N) is 1. The molecular weight excluding hydrogens is 384 g/mol. The van der Waals surface area contributed by atoms with E-state index >= 15 is 0 Å². The summed E-state index contributed by atoms with van der Waals surface area (Å²) in [5.74, 6) is 1.48. The summed E-state index contributed by atoms with van der Waals surface area (Å²) in [5, 5.41) is 12.5. The van der Waals surface area contributed by atoms with Gasteiger partial charge in [0.1, 0.15) is 5.75 Å². The van der Waals surface area contributed by atoms with Crippen molar-refractivity contribution in [2.75, 3.05) is 12.9 Å². The molecule has 140 valence electrons. The number of hydrogen-bond donors (Lipinski definition) is 1. The Hall–Kier alpha value is -2.51. The summed E-state index contributed by atoms with van der Waals surface area (Å²) in [5.41, 5.74) is 1.81. The van der Waals surface area contributed by atoms with Gasteiger partial charge in [0.15, 0.2) is 11.0 Å². The van der Waals surface area contributed by atoms with E-state index in [1.54, 1.807) is 25.3 Å². The van der Waals surface area contributed by atoms with E-state index in [1.807, 2.05) is 41.9 Å². The average Bonchev–Trinajstić information content (AvgIpc) is 3.05. The number of aromatic nitrogens is 3. The molecule has 3 aromatic rings. The molecule has 27 heavy (non-hydrogen) atoms. The van der Waals surface area contributed by atoms with Crippen molar-refractivity contribution in [3.05, 3.63) is 59.1 Å². The first-order chi connectivity index (χ1) is 13.1. The highest BCUT2D eigenvalue weighted by Crippen LogP contribution is 2.32. The molecule has 1 aromatic heterocycles. The van der Waals surface area contributed by atoms with Crippen LogP contribution in [0.25, 0.3) is 11.4 Å². The van der Waals surface area contributed by atoms with Crippen molar-refractivity contribution >= 4 is 29.3 Å². The fraction of sp³-hybridized carbons (Fsp3) is 0.211. The molecule has 0 aliphatic rings. The Morgan fingerprint density at radius 2 is 2.00 bits per heavy atom. The number of hydrogen-bond acceptors (Lipinski definition) is 5. The van der Waals surface area contributed by atoms with E-state index in [0.717, 1.165) is 11.1 Å². The van der Waals surface area contributed by atoms with Crippen LogP contribution in [-0.2, 0) is 18.4 Å². The van der Waals surface area contributed by atoms with E-state index in [2.05, 4.69) is 15.5 Å². The Morgan fingerprint density at radius 1 is 1.22 bits per heavy atom. The summed E-state index contributed by atoms with van der Waals surface area (Å²) in [4.78, 5) is 12.1. The maximum atomic E-state index is 12.1. The van der Waals surface area contributed by atoms with Crippen molar-refractivity contribution < 1.29 is 9.53 Å². The van der Waals surface area contributed by atoms with Gasteiger partial charge in [0, 0.05) is 18.6 Å². The average molecular weight is 403 g/mol. The van der Waals surface area contributed by atoms with Gasteiger partial charge in [-0.25, -0.2) is 0 Å². The molecule has 8 heteroatoms. The summed E-state index contributed by atoms with van der Waals surface area (Å²) >= 11 is 7.43. The van der Waals surface area contributed by atoms with Crippen molar-refractivity contribution in [1.82, 2.24) is 20.1 Å². The van der Waals surface area contributed by atoms with Gasteiger partial charge in [-0.15, -0.1) is 10.2 Å². The van der Waals surface area contributed by atoms with Gasteiger partial charge in [0.05, 0.1) is 18.4 Å². The standard InChI is InChI=1S/C19H19ClN4O2S/c1-24-18(15-10-14(20)8-9-16(15)26-2)22-23-19(24)27-12-17(25)21-11-13-6-4-3-5-7-13/h3-10H,11-12H2,1-2H3,(H,21,25). The molecule has 6 nitrogen and oxygen atoms in total. The Kier molecular flexibility index (Phi) is 6.36. The zero-order valence-electron chi connectivity index (χ0n) is 15.0. The van der Waals surface area contributed by atoms with Crippen LogP contribution in [0.15, 0.2) is 53.7 Å². The first-order valence-corrected chi connectivity index (χ1v) is 9.61. The molecule has 1 N–H and O–H groups in total. The summed E-state index contributed by atoms with van der Waals surface area (Å²) in [6.07, 6.45) is 0. The van der Waals surface area contributed by atoms with Crippen LogP contribution in [0.1, 0.15) is 5.56 Å². The zero-order chi connectivity index (χ0) is 19.2. The van der Waals surface area contributed by atoms with Crippen LogP contribution >= 0.6 is 23.4 Å². The molecule has 0 saturated carbocycles. The van der Waals surface area contributed by atoms with Crippen LogP contribution in [0, 0.1) is 0 Å². The number of thioether (sulfide) groups is 1. The van der Waals surface area contributed by atoms with Gasteiger partial charge in [-0.3, -0.25) is 4.79 Å². The number of ether oxygens (including phenoxy) is 1. The van der Waals surface area contributed by atoms with E-state index in [1.165, 1.54) is 11.8 Å². The first kappa shape index (κ1) is 19.3. The van der Waals surface area contributed by atoms with Crippen LogP contribution in [0.4, 0.5) is 0 Å². The number of benzene rings is 2. The normalized spacial score (nSPS) is 10.6. The van der Waals surface area contributed by atoms with Crippen molar-refractivity contribution in [3.8, 4) is 17.1 Å². The Balaban J connectivity index is 1.64. The zero-order valence-corrected chi connectivity index (χ0v) is 16.5. The van der Waals surface area contributed by atoms with E-state index < -0.39 is 0 Å². The maximum Gasteiger partial charge on any atom is 0.230 e. The largest absolute Gasteiger partial charge is 0.496 e. The third kappa shape index (κ3) is 4.81.